The van der Waals surface area contributed by atoms with Gasteiger partial charge in [0.2, 0.25) is 0 Å². The molecule has 0 aromatic carbocycles. The first-order valence-corrected chi connectivity index (χ1v) is 8.19. The monoisotopic (exact) mass is 253 g/mol. The molecule has 0 radical (unpaired) electrons. The SMILES string of the molecule is CCCCCCCCCCCCCC(C)C=CN. The summed E-state index contributed by atoms with van der Waals surface area (Å²) >= 11 is 0. The zero-order valence-corrected chi connectivity index (χ0v) is 12.8. The zero-order valence-electron chi connectivity index (χ0n) is 12.8. The summed E-state index contributed by atoms with van der Waals surface area (Å²) in [6, 6.07) is 0. The van der Waals surface area contributed by atoms with Crippen LogP contribution in [0.1, 0.15) is 90.9 Å². The highest BCUT2D eigenvalue weighted by Gasteiger charge is 1.97. The first-order chi connectivity index (χ1) is 8.81. The van der Waals surface area contributed by atoms with Gasteiger partial charge in [-0.2, -0.15) is 0 Å². The van der Waals surface area contributed by atoms with Crippen molar-refractivity contribution in [2.75, 3.05) is 0 Å². The average molecular weight is 253 g/mol. The molecule has 0 aromatic rings. The van der Waals surface area contributed by atoms with E-state index in [4.69, 9.17) is 5.73 Å². The van der Waals surface area contributed by atoms with Gasteiger partial charge < -0.3 is 5.73 Å². The Bertz CT molecular complexity index is 174. The highest BCUT2D eigenvalue weighted by Crippen LogP contribution is 2.14. The van der Waals surface area contributed by atoms with E-state index in [0.29, 0.717) is 5.92 Å². The molecule has 0 rings (SSSR count). The minimum atomic E-state index is 0.661. The van der Waals surface area contributed by atoms with Crippen molar-refractivity contribution in [3.63, 3.8) is 0 Å². The lowest BCUT2D eigenvalue weighted by atomic mass is 10.0. The Labute approximate surface area is 115 Å². The van der Waals surface area contributed by atoms with Gasteiger partial charge in [-0.15, -0.1) is 0 Å². The van der Waals surface area contributed by atoms with E-state index < -0.39 is 0 Å². The number of allylic oxidation sites excluding steroid dienone is 1. The zero-order chi connectivity index (χ0) is 13.5. The molecule has 1 atom stereocenters. The Balaban J connectivity index is 3.03. The van der Waals surface area contributed by atoms with Crippen molar-refractivity contribution in [2.45, 2.75) is 90.9 Å². The second-order valence-corrected chi connectivity index (χ2v) is 5.69. The van der Waals surface area contributed by atoms with Gasteiger partial charge in [-0.3, -0.25) is 0 Å². The molecule has 0 saturated carbocycles. The Morgan fingerprint density at radius 3 is 1.67 bits per heavy atom. The predicted molar refractivity (Wildman–Crippen MR) is 83.6 cm³/mol. The lowest BCUT2D eigenvalue weighted by molar-refractivity contribution is 0.523. The number of hydrogen-bond acceptors (Lipinski definition) is 1. The van der Waals surface area contributed by atoms with Gasteiger partial charge in [0.15, 0.2) is 0 Å². The van der Waals surface area contributed by atoms with E-state index in [9.17, 15) is 0 Å². The summed E-state index contributed by atoms with van der Waals surface area (Å²) in [4.78, 5) is 0. The Morgan fingerprint density at radius 1 is 0.778 bits per heavy atom. The minimum Gasteiger partial charge on any atom is -0.405 e. The van der Waals surface area contributed by atoms with Crippen LogP contribution in [0.2, 0.25) is 0 Å². The smallest absolute Gasteiger partial charge is 0.0100 e. The van der Waals surface area contributed by atoms with Gasteiger partial charge in [0.05, 0.1) is 0 Å². The van der Waals surface area contributed by atoms with Crippen LogP contribution in [0.4, 0.5) is 0 Å². The second kappa shape index (κ2) is 14.6. The molecule has 1 nitrogen and oxygen atoms in total. The van der Waals surface area contributed by atoms with E-state index in [1.807, 2.05) is 0 Å². The maximum atomic E-state index is 5.38. The molecule has 0 aliphatic rings. The molecular formula is C17H35N. The van der Waals surface area contributed by atoms with E-state index in [1.165, 1.54) is 77.0 Å². The van der Waals surface area contributed by atoms with Gasteiger partial charge in [-0.25, -0.2) is 0 Å². The van der Waals surface area contributed by atoms with Gasteiger partial charge in [0, 0.05) is 0 Å². The van der Waals surface area contributed by atoms with Crippen LogP contribution in [0, 0.1) is 5.92 Å². The first kappa shape index (κ1) is 17.5. The molecule has 0 saturated heterocycles. The third kappa shape index (κ3) is 13.6. The molecule has 0 aliphatic carbocycles. The molecule has 1 heteroatoms. The van der Waals surface area contributed by atoms with Crippen molar-refractivity contribution in [3.8, 4) is 0 Å². The van der Waals surface area contributed by atoms with Crippen LogP contribution < -0.4 is 5.73 Å². The molecule has 0 bridgehead atoms. The van der Waals surface area contributed by atoms with Crippen LogP contribution in [-0.4, -0.2) is 0 Å². The fourth-order valence-corrected chi connectivity index (χ4v) is 2.42. The molecular weight excluding hydrogens is 218 g/mol. The van der Waals surface area contributed by atoms with Crippen LogP contribution >= 0.6 is 0 Å². The molecule has 0 fully saturated rings. The lowest BCUT2D eigenvalue weighted by Crippen LogP contribution is -1.91. The third-order valence-electron chi connectivity index (χ3n) is 3.70. The third-order valence-corrected chi connectivity index (χ3v) is 3.70. The molecule has 0 aromatic heterocycles. The van der Waals surface area contributed by atoms with Gasteiger partial charge >= 0.3 is 0 Å². The fourth-order valence-electron chi connectivity index (χ4n) is 2.42. The number of hydrogen-bond donors (Lipinski definition) is 1. The predicted octanol–water partition coefficient (Wildman–Crippen LogP) is 5.80. The summed E-state index contributed by atoms with van der Waals surface area (Å²) in [6.45, 7) is 4.53. The van der Waals surface area contributed by atoms with Crippen molar-refractivity contribution in [1.82, 2.24) is 0 Å². The van der Waals surface area contributed by atoms with E-state index in [2.05, 4.69) is 19.9 Å². The van der Waals surface area contributed by atoms with Crippen molar-refractivity contribution in [3.05, 3.63) is 12.3 Å². The summed E-state index contributed by atoms with van der Waals surface area (Å²) in [5.41, 5.74) is 5.38. The molecule has 2 N–H and O–H groups in total. The van der Waals surface area contributed by atoms with Gasteiger partial charge in [-0.05, 0) is 18.5 Å². The number of rotatable bonds is 13. The molecule has 0 amide bonds. The number of unbranched alkanes of at least 4 members (excludes halogenated alkanes) is 10. The number of nitrogens with two attached hydrogens (primary N) is 1. The molecule has 1 unspecified atom stereocenters. The second-order valence-electron chi connectivity index (χ2n) is 5.69. The maximum absolute atomic E-state index is 5.38. The summed E-state index contributed by atoms with van der Waals surface area (Å²) in [6.07, 6.45) is 20.8. The minimum absolute atomic E-state index is 0.661. The molecule has 108 valence electrons. The standard InChI is InChI=1S/C17H35N/c1-3-4-5-6-7-8-9-10-11-12-13-14-17(2)15-16-18/h15-17H,3-14,18H2,1-2H3. The summed E-state index contributed by atoms with van der Waals surface area (Å²) in [5.74, 6) is 0.661. The van der Waals surface area contributed by atoms with Crippen molar-refractivity contribution >= 4 is 0 Å². The van der Waals surface area contributed by atoms with Gasteiger partial charge in [-0.1, -0.05) is 90.6 Å². The summed E-state index contributed by atoms with van der Waals surface area (Å²) < 4.78 is 0. The summed E-state index contributed by atoms with van der Waals surface area (Å²) in [5, 5.41) is 0. The van der Waals surface area contributed by atoms with Crippen LogP contribution in [0.15, 0.2) is 12.3 Å². The quantitative estimate of drug-likeness (QED) is 0.413. The van der Waals surface area contributed by atoms with Crippen molar-refractivity contribution in [2.24, 2.45) is 11.7 Å². The van der Waals surface area contributed by atoms with Gasteiger partial charge in [0.1, 0.15) is 0 Å². The Kier molecular flexibility index (Phi) is 14.2. The topological polar surface area (TPSA) is 26.0 Å². The van der Waals surface area contributed by atoms with E-state index in [-0.39, 0.29) is 0 Å². The Morgan fingerprint density at radius 2 is 1.22 bits per heavy atom. The van der Waals surface area contributed by atoms with E-state index in [0.717, 1.165) is 0 Å². The first-order valence-electron chi connectivity index (χ1n) is 8.19. The van der Waals surface area contributed by atoms with Crippen LogP contribution in [0.5, 0.6) is 0 Å². The fraction of sp³-hybridized carbons (Fsp3) is 0.882. The maximum Gasteiger partial charge on any atom is -0.0100 e. The van der Waals surface area contributed by atoms with Crippen molar-refractivity contribution < 1.29 is 0 Å². The molecule has 0 aliphatic heterocycles. The van der Waals surface area contributed by atoms with Crippen LogP contribution in [0.25, 0.3) is 0 Å². The van der Waals surface area contributed by atoms with E-state index in [1.54, 1.807) is 6.20 Å². The van der Waals surface area contributed by atoms with E-state index >= 15 is 0 Å². The summed E-state index contributed by atoms with van der Waals surface area (Å²) in [7, 11) is 0. The normalized spacial score (nSPS) is 13.2. The lowest BCUT2D eigenvalue weighted by Gasteiger charge is -2.05. The highest BCUT2D eigenvalue weighted by molar-refractivity contribution is 4.81. The molecule has 18 heavy (non-hydrogen) atoms. The average Bonchev–Trinajstić information content (AvgIpc) is 2.36. The largest absolute Gasteiger partial charge is 0.405 e. The Hall–Kier alpha value is -0.460. The highest BCUT2D eigenvalue weighted by atomic mass is 14.5. The van der Waals surface area contributed by atoms with Crippen LogP contribution in [-0.2, 0) is 0 Å². The van der Waals surface area contributed by atoms with Crippen molar-refractivity contribution in [1.29, 1.82) is 0 Å². The van der Waals surface area contributed by atoms with Crippen LogP contribution in [0.3, 0.4) is 0 Å². The van der Waals surface area contributed by atoms with Gasteiger partial charge in [0.25, 0.3) is 0 Å². The molecule has 0 spiro atoms. The molecule has 0 heterocycles.